The van der Waals surface area contributed by atoms with E-state index in [-0.39, 0.29) is 11.5 Å². The molecule has 16 heavy (non-hydrogen) atoms. The standard InChI is InChI=1S/C12H18ClN3/c1-12(2)8-16(6-5-10(12)14)11-4-3-9(13)7-15-11/h3-4,7,10H,5-6,8,14H2,1-2H3. The molecule has 0 aromatic carbocycles. The number of aromatic nitrogens is 1. The molecule has 3 nitrogen and oxygen atoms in total. The molecule has 2 N–H and O–H groups in total. The monoisotopic (exact) mass is 239 g/mol. The van der Waals surface area contributed by atoms with Crippen LogP contribution in [-0.2, 0) is 0 Å². The highest BCUT2D eigenvalue weighted by molar-refractivity contribution is 6.30. The normalized spacial score (nSPS) is 24.5. The molecule has 1 unspecified atom stereocenters. The van der Waals surface area contributed by atoms with Crippen LogP contribution in [0.2, 0.25) is 5.02 Å². The van der Waals surface area contributed by atoms with Crippen molar-refractivity contribution in [2.45, 2.75) is 26.3 Å². The number of piperidine rings is 1. The van der Waals surface area contributed by atoms with Gasteiger partial charge in [0, 0.05) is 25.3 Å². The topological polar surface area (TPSA) is 42.2 Å². The van der Waals surface area contributed by atoms with Crippen molar-refractivity contribution in [3.8, 4) is 0 Å². The van der Waals surface area contributed by atoms with Gasteiger partial charge in [0.2, 0.25) is 0 Å². The first-order chi connectivity index (χ1) is 7.49. The number of hydrogen-bond acceptors (Lipinski definition) is 3. The van der Waals surface area contributed by atoms with Gasteiger partial charge in [-0.3, -0.25) is 0 Å². The summed E-state index contributed by atoms with van der Waals surface area (Å²) in [6, 6.07) is 4.12. The van der Waals surface area contributed by atoms with Gasteiger partial charge < -0.3 is 10.6 Å². The molecule has 1 fully saturated rings. The van der Waals surface area contributed by atoms with E-state index in [9.17, 15) is 0 Å². The zero-order valence-corrected chi connectivity index (χ0v) is 10.5. The summed E-state index contributed by atoms with van der Waals surface area (Å²) in [5, 5.41) is 0.678. The summed E-state index contributed by atoms with van der Waals surface area (Å²) in [7, 11) is 0. The minimum atomic E-state index is 0.138. The quantitative estimate of drug-likeness (QED) is 0.818. The highest BCUT2D eigenvalue weighted by atomic mass is 35.5. The molecule has 0 amide bonds. The summed E-state index contributed by atoms with van der Waals surface area (Å²) < 4.78 is 0. The second-order valence-electron chi connectivity index (χ2n) is 5.14. The molecule has 0 spiro atoms. The molecule has 0 aliphatic carbocycles. The number of hydrogen-bond donors (Lipinski definition) is 1. The first kappa shape index (κ1) is 11.7. The zero-order valence-electron chi connectivity index (χ0n) is 9.78. The summed E-state index contributed by atoms with van der Waals surface area (Å²) in [5.41, 5.74) is 6.25. The summed E-state index contributed by atoms with van der Waals surface area (Å²) in [6.45, 7) is 6.33. The number of nitrogens with two attached hydrogens (primary N) is 1. The van der Waals surface area contributed by atoms with Gasteiger partial charge in [0.15, 0.2) is 0 Å². The van der Waals surface area contributed by atoms with Crippen molar-refractivity contribution in [3.63, 3.8) is 0 Å². The number of anilines is 1. The molecule has 2 rings (SSSR count). The van der Waals surface area contributed by atoms with Gasteiger partial charge in [-0.15, -0.1) is 0 Å². The Kier molecular flexibility index (Phi) is 3.08. The molecule has 0 bridgehead atoms. The molecule has 1 aromatic rings. The fraction of sp³-hybridized carbons (Fsp3) is 0.583. The Morgan fingerprint density at radius 3 is 2.81 bits per heavy atom. The van der Waals surface area contributed by atoms with E-state index in [1.165, 1.54) is 0 Å². The Bertz CT molecular complexity index is 361. The first-order valence-electron chi connectivity index (χ1n) is 5.61. The lowest BCUT2D eigenvalue weighted by molar-refractivity contribution is 0.244. The Balaban J connectivity index is 2.14. The largest absolute Gasteiger partial charge is 0.356 e. The minimum absolute atomic E-state index is 0.138. The van der Waals surface area contributed by atoms with Crippen LogP contribution in [0.5, 0.6) is 0 Å². The van der Waals surface area contributed by atoms with Crippen LogP contribution in [0, 0.1) is 5.41 Å². The fourth-order valence-corrected chi connectivity index (χ4v) is 2.24. The van der Waals surface area contributed by atoms with Gasteiger partial charge in [-0.2, -0.15) is 0 Å². The molecule has 88 valence electrons. The Morgan fingerprint density at radius 1 is 1.50 bits per heavy atom. The van der Waals surface area contributed by atoms with Crippen LogP contribution >= 0.6 is 11.6 Å². The van der Waals surface area contributed by atoms with Crippen molar-refractivity contribution in [2.75, 3.05) is 18.0 Å². The number of nitrogens with zero attached hydrogens (tertiary/aromatic N) is 2. The van der Waals surface area contributed by atoms with E-state index in [1.807, 2.05) is 12.1 Å². The van der Waals surface area contributed by atoms with Crippen LogP contribution < -0.4 is 10.6 Å². The lowest BCUT2D eigenvalue weighted by Crippen LogP contribution is -2.52. The van der Waals surface area contributed by atoms with Gasteiger partial charge in [0.25, 0.3) is 0 Å². The Morgan fingerprint density at radius 2 is 2.25 bits per heavy atom. The summed E-state index contributed by atoms with van der Waals surface area (Å²) in [6.07, 6.45) is 2.70. The van der Waals surface area contributed by atoms with Crippen molar-refractivity contribution in [1.82, 2.24) is 4.98 Å². The molecule has 1 aliphatic rings. The summed E-state index contributed by atoms with van der Waals surface area (Å²) in [4.78, 5) is 6.62. The van der Waals surface area contributed by atoms with Crippen molar-refractivity contribution in [2.24, 2.45) is 11.1 Å². The number of pyridine rings is 1. The maximum atomic E-state index is 6.11. The van der Waals surface area contributed by atoms with E-state index < -0.39 is 0 Å². The van der Waals surface area contributed by atoms with Crippen molar-refractivity contribution in [3.05, 3.63) is 23.4 Å². The van der Waals surface area contributed by atoms with Gasteiger partial charge in [-0.1, -0.05) is 25.4 Å². The van der Waals surface area contributed by atoms with E-state index in [4.69, 9.17) is 17.3 Å². The van der Waals surface area contributed by atoms with Crippen molar-refractivity contribution < 1.29 is 0 Å². The van der Waals surface area contributed by atoms with E-state index in [0.717, 1.165) is 25.3 Å². The maximum Gasteiger partial charge on any atom is 0.128 e. The minimum Gasteiger partial charge on any atom is -0.356 e. The van der Waals surface area contributed by atoms with E-state index >= 15 is 0 Å². The molecule has 2 heterocycles. The molecule has 1 aliphatic heterocycles. The van der Waals surface area contributed by atoms with Crippen molar-refractivity contribution in [1.29, 1.82) is 0 Å². The van der Waals surface area contributed by atoms with Gasteiger partial charge in [-0.25, -0.2) is 4.98 Å². The third-order valence-electron chi connectivity index (χ3n) is 3.35. The molecular formula is C12H18ClN3. The lowest BCUT2D eigenvalue weighted by Gasteiger charge is -2.43. The predicted molar refractivity (Wildman–Crippen MR) is 67.8 cm³/mol. The maximum absolute atomic E-state index is 6.11. The molecule has 0 radical (unpaired) electrons. The van der Waals surface area contributed by atoms with Crippen LogP contribution in [0.15, 0.2) is 18.3 Å². The second-order valence-corrected chi connectivity index (χ2v) is 5.58. The lowest BCUT2D eigenvalue weighted by atomic mass is 9.80. The Labute approximate surface area is 102 Å². The van der Waals surface area contributed by atoms with E-state index in [1.54, 1.807) is 6.20 Å². The van der Waals surface area contributed by atoms with E-state index in [0.29, 0.717) is 5.02 Å². The highest BCUT2D eigenvalue weighted by Crippen LogP contribution is 2.30. The molecule has 1 atom stereocenters. The Hall–Kier alpha value is -0.800. The van der Waals surface area contributed by atoms with Crippen LogP contribution in [0.4, 0.5) is 5.82 Å². The van der Waals surface area contributed by atoms with Crippen molar-refractivity contribution >= 4 is 17.4 Å². The predicted octanol–water partition coefficient (Wildman–Crippen LogP) is 2.30. The van der Waals surface area contributed by atoms with E-state index in [2.05, 4.69) is 23.7 Å². The third-order valence-corrected chi connectivity index (χ3v) is 3.57. The fourth-order valence-electron chi connectivity index (χ4n) is 2.12. The average molecular weight is 240 g/mol. The number of halogens is 1. The molecular weight excluding hydrogens is 222 g/mol. The van der Waals surface area contributed by atoms with Gasteiger partial charge >= 0.3 is 0 Å². The zero-order chi connectivity index (χ0) is 11.8. The molecule has 1 saturated heterocycles. The van der Waals surface area contributed by atoms with Gasteiger partial charge in [-0.05, 0) is 24.0 Å². The van der Waals surface area contributed by atoms with Crippen LogP contribution in [0.25, 0.3) is 0 Å². The van der Waals surface area contributed by atoms with Crippen LogP contribution in [0.3, 0.4) is 0 Å². The first-order valence-corrected chi connectivity index (χ1v) is 5.99. The summed E-state index contributed by atoms with van der Waals surface area (Å²) >= 11 is 5.83. The highest BCUT2D eigenvalue weighted by Gasteiger charge is 2.33. The molecule has 1 aromatic heterocycles. The smallest absolute Gasteiger partial charge is 0.128 e. The number of rotatable bonds is 1. The molecule has 4 heteroatoms. The summed E-state index contributed by atoms with van der Waals surface area (Å²) in [5.74, 6) is 0.990. The van der Waals surface area contributed by atoms with Gasteiger partial charge in [0.1, 0.15) is 5.82 Å². The molecule has 0 saturated carbocycles. The average Bonchev–Trinajstić information content (AvgIpc) is 2.23. The van der Waals surface area contributed by atoms with Crippen LogP contribution in [0.1, 0.15) is 20.3 Å². The van der Waals surface area contributed by atoms with Gasteiger partial charge in [0.05, 0.1) is 5.02 Å². The van der Waals surface area contributed by atoms with Crippen LogP contribution in [-0.4, -0.2) is 24.1 Å². The second kappa shape index (κ2) is 4.22. The third kappa shape index (κ3) is 2.30. The SMILES string of the molecule is CC1(C)CN(c2ccc(Cl)cn2)CCC1N.